The van der Waals surface area contributed by atoms with Gasteiger partial charge in [-0.2, -0.15) is 5.10 Å². The molecule has 6 heteroatoms. The van der Waals surface area contributed by atoms with Gasteiger partial charge in [-0.1, -0.05) is 37.3 Å². The number of rotatable bonds is 5. The fourth-order valence-electron chi connectivity index (χ4n) is 3.32. The second kappa shape index (κ2) is 7.59. The Bertz CT molecular complexity index is 1210. The zero-order valence-corrected chi connectivity index (χ0v) is 16.0. The maximum Gasteiger partial charge on any atom is 0.255 e. The van der Waals surface area contributed by atoms with Crippen molar-refractivity contribution in [2.75, 3.05) is 5.32 Å². The average Bonchev–Trinajstić information content (AvgIpc) is 3.12. The minimum absolute atomic E-state index is 0.0695. The van der Waals surface area contributed by atoms with Gasteiger partial charge in [0.1, 0.15) is 5.84 Å². The lowest BCUT2D eigenvalue weighted by Gasteiger charge is -2.08. The molecule has 1 aromatic heterocycles. The van der Waals surface area contributed by atoms with Crippen LogP contribution in [0.15, 0.2) is 72.8 Å². The lowest BCUT2D eigenvalue weighted by molar-refractivity contribution is 0.102. The Morgan fingerprint density at radius 1 is 1.03 bits per heavy atom. The van der Waals surface area contributed by atoms with Gasteiger partial charge in [0.15, 0.2) is 0 Å². The third-order valence-corrected chi connectivity index (χ3v) is 4.79. The van der Waals surface area contributed by atoms with Crippen molar-refractivity contribution in [1.29, 1.82) is 5.41 Å². The quantitative estimate of drug-likeness (QED) is 0.357. The van der Waals surface area contributed by atoms with Crippen molar-refractivity contribution in [2.45, 2.75) is 13.3 Å². The number of hydrogen-bond acceptors (Lipinski definition) is 3. The van der Waals surface area contributed by atoms with E-state index in [0.29, 0.717) is 16.8 Å². The van der Waals surface area contributed by atoms with Gasteiger partial charge in [0, 0.05) is 22.2 Å². The monoisotopic (exact) mass is 383 g/mol. The summed E-state index contributed by atoms with van der Waals surface area (Å²) in [4.78, 5) is 12.7. The Morgan fingerprint density at radius 3 is 2.52 bits per heavy atom. The van der Waals surface area contributed by atoms with Gasteiger partial charge in [0.05, 0.1) is 16.9 Å². The van der Waals surface area contributed by atoms with E-state index in [2.05, 4.69) is 12.2 Å². The first kappa shape index (κ1) is 18.4. The topological polar surface area (TPSA) is 96.8 Å². The van der Waals surface area contributed by atoms with E-state index < -0.39 is 0 Å². The minimum atomic E-state index is -0.256. The molecule has 0 saturated carbocycles. The van der Waals surface area contributed by atoms with Crippen molar-refractivity contribution in [1.82, 2.24) is 9.78 Å². The highest BCUT2D eigenvalue weighted by Crippen LogP contribution is 2.26. The van der Waals surface area contributed by atoms with Crippen molar-refractivity contribution in [2.24, 2.45) is 5.73 Å². The standard InChI is InChI=1S/C23H21N5O/c1-2-20-19-12-11-17(14-21(19)28(27-20)18-9-4-3-5-10-18)26-23(29)16-8-6-7-15(13-16)22(24)25/h3-14H,2H2,1H3,(H3,24,25)(H,26,29). The first-order valence-electron chi connectivity index (χ1n) is 9.39. The Hall–Kier alpha value is -3.93. The summed E-state index contributed by atoms with van der Waals surface area (Å²) >= 11 is 0. The number of nitrogen functional groups attached to an aromatic ring is 1. The summed E-state index contributed by atoms with van der Waals surface area (Å²) in [7, 11) is 0. The normalized spacial score (nSPS) is 10.8. The Morgan fingerprint density at radius 2 is 1.79 bits per heavy atom. The SMILES string of the molecule is CCc1nn(-c2ccccc2)c2cc(NC(=O)c3cccc(C(=N)N)c3)ccc12. The molecule has 0 aliphatic carbocycles. The van der Waals surface area contributed by atoms with Crippen molar-refractivity contribution in [3.05, 3.63) is 89.6 Å². The zero-order chi connectivity index (χ0) is 20.4. The van der Waals surface area contributed by atoms with Crippen LogP contribution in [0.25, 0.3) is 16.6 Å². The van der Waals surface area contributed by atoms with E-state index in [1.165, 1.54) is 0 Å². The van der Waals surface area contributed by atoms with Crippen LogP contribution in [0.2, 0.25) is 0 Å². The van der Waals surface area contributed by atoms with E-state index in [0.717, 1.165) is 28.7 Å². The molecule has 0 bridgehead atoms. The number of amidine groups is 1. The number of carbonyl (C=O) groups is 1. The number of fused-ring (bicyclic) bond motifs is 1. The number of aromatic nitrogens is 2. The molecule has 1 amide bonds. The Balaban J connectivity index is 1.71. The molecule has 0 saturated heterocycles. The number of benzene rings is 3. The highest BCUT2D eigenvalue weighted by Gasteiger charge is 2.13. The van der Waals surface area contributed by atoms with E-state index in [-0.39, 0.29) is 11.7 Å². The number of aryl methyl sites for hydroxylation is 1. The van der Waals surface area contributed by atoms with E-state index in [1.807, 2.05) is 53.2 Å². The van der Waals surface area contributed by atoms with E-state index in [9.17, 15) is 4.79 Å². The lowest BCUT2D eigenvalue weighted by Crippen LogP contribution is -2.15. The largest absolute Gasteiger partial charge is 0.384 e. The number of nitrogens with zero attached hydrogens (tertiary/aromatic N) is 2. The maximum absolute atomic E-state index is 12.7. The van der Waals surface area contributed by atoms with Gasteiger partial charge in [0.2, 0.25) is 0 Å². The first-order valence-corrected chi connectivity index (χ1v) is 9.39. The van der Waals surface area contributed by atoms with Crippen LogP contribution in [0, 0.1) is 5.41 Å². The van der Waals surface area contributed by atoms with Crippen molar-refractivity contribution < 1.29 is 4.79 Å². The van der Waals surface area contributed by atoms with Gasteiger partial charge < -0.3 is 11.1 Å². The molecule has 144 valence electrons. The second-order valence-electron chi connectivity index (χ2n) is 6.73. The summed E-state index contributed by atoms with van der Waals surface area (Å²) in [5.74, 6) is -0.325. The van der Waals surface area contributed by atoms with Gasteiger partial charge in [-0.3, -0.25) is 10.2 Å². The molecule has 4 aromatic rings. The minimum Gasteiger partial charge on any atom is -0.384 e. The van der Waals surface area contributed by atoms with Crippen LogP contribution in [0.1, 0.15) is 28.5 Å². The zero-order valence-electron chi connectivity index (χ0n) is 16.0. The number of carbonyl (C=O) groups excluding carboxylic acids is 1. The Kier molecular flexibility index (Phi) is 4.83. The van der Waals surface area contributed by atoms with Gasteiger partial charge >= 0.3 is 0 Å². The smallest absolute Gasteiger partial charge is 0.255 e. The Labute approximate surface area is 168 Å². The number of nitrogens with one attached hydrogen (secondary N) is 2. The van der Waals surface area contributed by atoms with Gasteiger partial charge in [0.25, 0.3) is 5.91 Å². The molecule has 3 aromatic carbocycles. The van der Waals surface area contributed by atoms with Crippen LogP contribution >= 0.6 is 0 Å². The average molecular weight is 383 g/mol. The molecule has 1 heterocycles. The van der Waals surface area contributed by atoms with Crippen LogP contribution < -0.4 is 11.1 Å². The van der Waals surface area contributed by atoms with Crippen LogP contribution in [0.4, 0.5) is 5.69 Å². The molecule has 0 aliphatic rings. The molecule has 0 aliphatic heterocycles. The molecule has 4 N–H and O–H groups in total. The number of para-hydroxylation sites is 1. The van der Waals surface area contributed by atoms with Crippen LogP contribution in [-0.4, -0.2) is 21.5 Å². The van der Waals surface area contributed by atoms with Crippen LogP contribution in [0.3, 0.4) is 0 Å². The molecule has 0 fully saturated rings. The number of anilines is 1. The molecule has 0 atom stereocenters. The van der Waals surface area contributed by atoms with Crippen LogP contribution in [0.5, 0.6) is 0 Å². The van der Waals surface area contributed by atoms with E-state index >= 15 is 0 Å². The summed E-state index contributed by atoms with van der Waals surface area (Å²) in [5.41, 5.74) is 10.1. The highest BCUT2D eigenvalue weighted by atomic mass is 16.1. The number of amides is 1. The molecular formula is C23H21N5O. The first-order chi connectivity index (χ1) is 14.1. The van der Waals surface area contributed by atoms with Crippen LogP contribution in [-0.2, 0) is 6.42 Å². The molecule has 4 rings (SSSR count). The predicted octanol–water partition coefficient (Wildman–Crippen LogP) is 4.12. The predicted molar refractivity (Wildman–Crippen MR) is 116 cm³/mol. The summed E-state index contributed by atoms with van der Waals surface area (Å²) in [6.45, 7) is 2.08. The third-order valence-electron chi connectivity index (χ3n) is 4.79. The molecule has 0 unspecified atom stereocenters. The van der Waals surface area contributed by atoms with Gasteiger partial charge in [-0.25, -0.2) is 4.68 Å². The lowest BCUT2D eigenvalue weighted by atomic mass is 10.1. The van der Waals surface area contributed by atoms with E-state index in [4.69, 9.17) is 16.2 Å². The summed E-state index contributed by atoms with van der Waals surface area (Å²) < 4.78 is 1.90. The van der Waals surface area contributed by atoms with Gasteiger partial charge in [-0.15, -0.1) is 0 Å². The maximum atomic E-state index is 12.7. The fraction of sp³-hybridized carbons (Fsp3) is 0.0870. The summed E-state index contributed by atoms with van der Waals surface area (Å²) in [5, 5.41) is 16.3. The number of nitrogens with two attached hydrogens (primary N) is 1. The number of hydrogen-bond donors (Lipinski definition) is 3. The van der Waals surface area contributed by atoms with Crippen molar-refractivity contribution in [3.63, 3.8) is 0 Å². The second-order valence-corrected chi connectivity index (χ2v) is 6.73. The molecule has 29 heavy (non-hydrogen) atoms. The molecule has 6 nitrogen and oxygen atoms in total. The summed E-state index contributed by atoms with van der Waals surface area (Å²) in [6.07, 6.45) is 0.819. The molecule has 0 radical (unpaired) electrons. The third kappa shape index (κ3) is 3.60. The summed E-state index contributed by atoms with van der Waals surface area (Å²) in [6, 6.07) is 22.5. The van der Waals surface area contributed by atoms with Crippen molar-refractivity contribution >= 4 is 28.3 Å². The van der Waals surface area contributed by atoms with Crippen molar-refractivity contribution in [3.8, 4) is 5.69 Å². The molecule has 0 spiro atoms. The fourth-order valence-corrected chi connectivity index (χ4v) is 3.32. The van der Waals surface area contributed by atoms with E-state index in [1.54, 1.807) is 24.3 Å². The van der Waals surface area contributed by atoms with Gasteiger partial charge in [-0.05, 0) is 48.9 Å². The molecular weight excluding hydrogens is 362 g/mol. The highest BCUT2D eigenvalue weighted by molar-refractivity contribution is 6.07.